The summed E-state index contributed by atoms with van der Waals surface area (Å²) in [6.45, 7) is 2.52. The molecule has 0 bridgehead atoms. The first-order chi connectivity index (χ1) is 11.2. The van der Waals surface area contributed by atoms with Crippen LogP contribution in [-0.4, -0.2) is 49.2 Å². The molecule has 1 fully saturated rings. The molecule has 118 valence electrons. The van der Waals surface area contributed by atoms with Gasteiger partial charge in [0, 0.05) is 23.9 Å². The highest BCUT2D eigenvalue weighted by molar-refractivity contribution is 7.20. The summed E-state index contributed by atoms with van der Waals surface area (Å²) in [6.07, 6.45) is 0. The number of rotatable bonds is 2. The van der Waals surface area contributed by atoms with E-state index in [4.69, 9.17) is 9.47 Å². The van der Waals surface area contributed by atoms with Gasteiger partial charge in [0.05, 0.1) is 30.7 Å². The van der Waals surface area contributed by atoms with Crippen LogP contribution in [0.1, 0.15) is 9.67 Å². The van der Waals surface area contributed by atoms with Gasteiger partial charge in [-0.25, -0.2) is 4.98 Å². The molecule has 5 nitrogen and oxygen atoms in total. The summed E-state index contributed by atoms with van der Waals surface area (Å²) >= 11 is 1.45. The van der Waals surface area contributed by atoms with Crippen LogP contribution in [0.4, 0.5) is 0 Å². The van der Waals surface area contributed by atoms with E-state index in [1.165, 1.54) is 11.3 Å². The minimum absolute atomic E-state index is 0.0675. The van der Waals surface area contributed by atoms with E-state index in [0.29, 0.717) is 26.3 Å². The van der Waals surface area contributed by atoms with Crippen molar-refractivity contribution in [3.05, 3.63) is 35.2 Å². The van der Waals surface area contributed by atoms with E-state index in [1.807, 2.05) is 29.2 Å². The first kappa shape index (κ1) is 14.4. The third kappa shape index (κ3) is 2.64. The SMILES string of the molecule is COc1ccc2nc3sc(C(=O)N4CCOCC4)cc3cc2c1. The van der Waals surface area contributed by atoms with Gasteiger partial charge in [-0.15, -0.1) is 11.3 Å². The second-order valence-corrected chi connectivity index (χ2v) is 6.49. The van der Waals surface area contributed by atoms with Crippen molar-refractivity contribution in [2.24, 2.45) is 0 Å². The van der Waals surface area contributed by atoms with Crippen molar-refractivity contribution >= 4 is 38.4 Å². The first-order valence-corrected chi connectivity index (χ1v) is 8.31. The normalized spacial score (nSPS) is 15.3. The number of carbonyl (C=O) groups excluding carboxylic acids is 1. The lowest BCUT2D eigenvalue weighted by Crippen LogP contribution is -2.40. The second kappa shape index (κ2) is 5.79. The zero-order chi connectivity index (χ0) is 15.8. The van der Waals surface area contributed by atoms with Crippen molar-refractivity contribution in [2.45, 2.75) is 0 Å². The smallest absolute Gasteiger partial charge is 0.264 e. The van der Waals surface area contributed by atoms with Gasteiger partial charge >= 0.3 is 0 Å². The van der Waals surface area contributed by atoms with Crippen LogP contribution in [0.2, 0.25) is 0 Å². The molecule has 1 saturated heterocycles. The molecule has 0 atom stereocenters. The fourth-order valence-corrected chi connectivity index (χ4v) is 3.76. The molecule has 0 N–H and O–H groups in total. The van der Waals surface area contributed by atoms with Crippen molar-refractivity contribution in [2.75, 3.05) is 33.4 Å². The topological polar surface area (TPSA) is 51.7 Å². The van der Waals surface area contributed by atoms with Gasteiger partial charge in [0.2, 0.25) is 0 Å². The van der Waals surface area contributed by atoms with Crippen molar-refractivity contribution in [1.82, 2.24) is 9.88 Å². The van der Waals surface area contributed by atoms with Crippen LogP contribution >= 0.6 is 11.3 Å². The summed E-state index contributed by atoms with van der Waals surface area (Å²) in [4.78, 5) is 20.7. The molecule has 1 amide bonds. The Morgan fingerprint density at radius 1 is 1.22 bits per heavy atom. The van der Waals surface area contributed by atoms with E-state index in [9.17, 15) is 4.79 Å². The molecule has 0 unspecified atom stereocenters. The quantitative estimate of drug-likeness (QED) is 0.726. The maximum absolute atomic E-state index is 12.6. The van der Waals surface area contributed by atoms with Crippen molar-refractivity contribution in [3.63, 3.8) is 0 Å². The summed E-state index contributed by atoms with van der Waals surface area (Å²) in [5, 5.41) is 2.01. The van der Waals surface area contributed by atoms with Crippen molar-refractivity contribution in [3.8, 4) is 5.75 Å². The molecule has 2 aromatic heterocycles. The zero-order valence-corrected chi connectivity index (χ0v) is 13.6. The number of benzene rings is 1. The van der Waals surface area contributed by atoms with Crippen LogP contribution in [0.3, 0.4) is 0 Å². The first-order valence-electron chi connectivity index (χ1n) is 7.50. The van der Waals surface area contributed by atoms with Crippen LogP contribution in [0.15, 0.2) is 30.3 Å². The number of methoxy groups -OCH3 is 1. The Morgan fingerprint density at radius 2 is 2.04 bits per heavy atom. The molecule has 4 rings (SSSR count). The number of amides is 1. The Kier molecular flexibility index (Phi) is 3.63. The fourth-order valence-electron chi connectivity index (χ4n) is 2.77. The van der Waals surface area contributed by atoms with Crippen LogP contribution < -0.4 is 4.74 Å². The molecule has 6 heteroatoms. The predicted octanol–water partition coefficient (Wildman–Crippen LogP) is 2.93. The monoisotopic (exact) mass is 328 g/mol. The molecule has 1 aliphatic rings. The highest BCUT2D eigenvalue weighted by Gasteiger charge is 2.20. The number of pyridine rings is 1. The average Bonchev–Trinajstić information content (AvgIpc) is 3.02. The lowest BCUT2D eigenvalue weighted by Gasteiger charge is -2.26. The third-order valence-corrected chi connectivity index (χ3v) is 5.05. The van der Waals surface area contributed by atoms with Gasteiger partial charge in [-0.1, -0.05) is 0 Å². The number of nitrogens with zero attached hydrogens (tertiary/aromatic N) is 2. The number of hydrogen-bond acceptors (Lipinski definition) is 5. The van der Waals surface area contributed by atoms with Crippen LogP contribution in [-0.2, 0) is 4.74 Å². The van der Waals surface area contributed by atoms with E-state index >= 15 is 0 Å². The Morgan fingerprint density at radius 3 is 2.83 bits per heavy atom. The van der Waals surface area contributed by atoms with Gasteiger partial charge in [0.15, 0.2) is 0 Å². The molecule has 1 aliphatic heterocycles. The lowest BCUT2D eigenvalue weighted by atomic mass is 10.2. The number of fused-ring (bicyclic) bond motifs is 2. The molecule has 0 spiro atoms. The van der Waals surface area contributed by atoms with E-state index in [0.717, 1.165) is 31.7 Å². The molecule has 0 aliphatic carbocycles. The maximum atomic E-state index is 12.6. The van der Waals surface area contributed by atoms with Gasteiger partial charge < -0.3 is 14.4 Å². The van der Waals surface area contributed by atoms with Crippen molar-refractivity contribution in [1.29, 1.82) is 0 Å². The summed E-state index contributed by atoms with van der Waals surface area (Å²) < 4.78 is 10.6. The van der Waals surface area contributed by atoms with Gasteiger partial charge in [-0.05, 0) is 30.3 Å². The molecule has 0 saturated carbocycles. The number of morpholine rings is 1. The summed E-state index contributed by atoms with van der Waals surface area (Å²) in [5.41, 5.74) is 0.908. The lowest BCUT2D eigenvalue weighted by molar-refractivity contribution is 0.0306. The Bertz CT molecular complexity index is 884. The summed E-state index contributed by atoms with van der Waals surface area (Å²) in [7, 11) is 1.65. The van der Waals surface area contributed by atoms with Crippen LogP contribution in [0, 0.1) is 0 Å². The number of carbonyl (C=O) groups is 1. The molecule has 3 heterocycles. The molecule has 3 aromatic rings. The molecule has 1 aromatic carbocycles. The number of aromatic nitrogens is 1. The van der Waals surface area contributed by atoms with Gasteiger partial charge in [0.1, 0.15) is 10.6 Å². The van der Waals surface area contributed by atoms with E-state index in [2.05, 4.69) is 11.1 Å². The van der Waals surface area contributed by atoms with E-state index in [-0.39, 0.29) is 5.91 Å². The Labute approximate surface area is 137 Å². The fraction of sp³-hybridized carbons (Fsp3) is 0.294. The van der Waals surface area contributed by atoms with Crippen LogP contribution in [0.5, 0.6) is 5.75 Å². The number of hydrogen-bond donors (Lipinski definition) is 0. The third-order valence-electron chi connectivity index (χ3n) is 4.02. The zero-order valence-electron chi connectivity index (χ0n) is 12.7. The summed E-state index contributed by atoms with van der Waals surface area (Å²) in [5.74, 6) is 0.872. The van der Waals surface area contributed by atoms with E-state index in [1.54, 1.807) is 7.11 Å². The second-order valence-electron chi connectivity index (χ2n) is 5.46. The molecule has 0 radical (unpaired) electrons. The summed E-state index contributed by atoms with van der Waals surface area (Å²) in [6, 6.07) is 9.80. The highest BCUT2D eigenvalue weighted by Crippen LogP contribution is 2.29. The van der Waals surface area contributed by atoms with Gasteiger partial charge in [-0.2, -0.15) is 0 Å². The van der Waals surface area contributed by atoms with Crippen molar-refractivity contribution < 1.29 is 14.3 Å². The maximum Gasteiger partial charge on any atom is 0.264 e. The standard InChI is InChI=1S/C17H16N2O3S/c1-21-13-2-3-14-11(9-13)8-12-10-15(23-16(12)18-14)17(20)19-4-6-22-7-5-19/h2-3,8-10H,4-7H2,1H3. The van der Waals surface area contributed by atoms with Gasteiger partial charge in [0.25, 0.3) is 5.91 Å². The average molecular weight is 328 g/mol. The largest absolute Gasteiger partial charge is 0.497 e. The minimum Gasteiger partial charge on any atom is -0.497 e. The molecular weight excluding hydrogens is 312 g/mol. The molecule has 23 heavy (non-hydrogen) atoms. The Balaban J connectivity index is 1.74. The predicted molar refractivity (Wildman–Crippen MR) is 90.4 cm³/mol. The minimum atomic E-state index is 0.0675. The van der Waals surface area contributed by atoms with Crippen LogP contribution in [0.25, 0.3) is 21.1 Å². The van der Waals surface area contributed by atoms with Gasteiger partial charge in [-0.3, -0.25) is 4.79 Å². The van der Waals surface area contributed by atoms with E-state index < -0.39 is 0 Å². The number of thiophene rings is 1. The molecular formula is C17H16N2O3S. The highest BCUT2D eigenvalue weighted by atomic mass is 32.1. The number of ether oxygens (including phenoxy) is 2. The Hall–Kier alpha value is -2.18.